The van der Waals surface area contributed by atoms with Crippen LogP contribution in [-0.2, 0) is 4.79 Å². The summed E-state index contributed by atoms with van der Waals surface area (Å²) in [6.45, 7) is 0. The zero-order valence-electron chi connectivity index (χ0n) is 11.8. The Bertz CT molecular complexity index is 659. The summed E-state index contributed by atoms with van der Waals surface area (Å²) < 4.78 is 0. The number of ketones is 1. The van der Waals surface area contributed by atoms with Crippen molar-refractivity contribution in [3.05, 3.63) is 71.9 Å². The highest BCUT2D eigenvalue weighted by Crippen LogP contribution is 2.31. The molecule has 1 aliphatic rings. The van der Waals surface area contributed by atoms with Gasteiger partial charge in [0.05, 0.1) is 0 Å². The minimum atomic E-state index is 0.174. The first-order chi connectivity index (χ1) is 10.2. The predicted octanol–water partition coefficient (Wildman–Crippen LogP) is 3.71. The fourth-order valence-electron chi connectivity index (χ4n) is 2.69. The summed E-state index contributed by atoms with van der Waals surface area (Å²) in [5.41, 5.74) is 9.55. The summed E-state index contributed by atoms with van der Waals surface area (Å²) >= 11 is 0. The minimum Gasteiger partial charge on any atom is -0.399 e. The number of anilines is 2. The van der Waals surface area contributed by atoms with E-state index in [2.05, 4.69) is 17.4 Å². The van der Waals surface area contributed by atoms with Crippen molar-refractivity contribution in [2.45, 2.75) is 18.8 Å². The number of nitrogens with one attached hydrogen (secondary N) is 1. The second-order valence-electron chi connectivity index (χ2n) is 5.40. The van der Waals surface area contributed by atoms with E-state index in [-0.39, 0.29) is 11.7 Å². The summed E-state index contributed by atoms with van der Waals surface area (Å²) in [5.74, 6) is 0.424. The molecule has 0 saturated carbocycles. The molecule has 3 nitrogen and oxygen atoms in total. The number of benzene rings is 2. The fourth-order valence-corrected chi connectivity index (χ4v) is 2.69. The molecule has 0 radical (unpaired) electrons. The van der Waals surface area contributed by atoms with Crippen LogP contribution in [0.15, 0.2) is 66.4 Å². The molecule has 3 heteroatoms. The highest BCUT2D eigenvalue weighted by Gasteiger charge is 2.22. The molecule has 1 atom stereocenters. The van der Waals surface area contributed by atoms with Gasteiger partial charge in [0.15, 0.2) is 5.78 Å². The Hall–Kier alpha value is -2.55. The normalized spacial score (nSPS) is 18.2. The summed E-state index contributed by atoms with van der Waals surface area (Å²) in [6, 6.07) is 17.8. The zero-order chi connectivity index (χ0) is 14.7. The Morgan fingerprint density at radius 2 is 1.67 bits per heavy atom. The van der Waals surface area contributed by atoms with Crippen molar-refractivity contribution >= 4 is 17.2 Å². The van der Waals surface area contributed by atoms with E-state index in [1.165, 1.54) is 5.56 Å². The first-order valence-electron chi connectivity index (χ1n) is 7.11. The Morgan fingerprint density at radius 3 is 2.38 bits per heavy atom. The monoisotopic (exact) mass is 278 g/mol. The van der Waals surface area contributed by atoms with Crippen LogP contribution in [0.3, 0.4) is 0 Å². The number of rotatable bonds is 3. The average molecular weight is 278 g/mol. The first kappa shape index (κ1) is 13.4. The lowest BCUT2D eigenvalue weighted by molar-refractivity contribution is -0.115. The van der Waals surface area contributed by atoms with E-state index in [4.69, 9.17) is 5.73 Å². The third-order valence-corrected chi connectivity index (χ3v) is 3.74. The van der Waals surface area contributed by atoms with E-state index >= 15 is 0 Å². The summed E-state index contributed by atoms with van der Waals surface area (Å²) in [6.07, 6.45) is 3.15. The molecule has 0 bridgehead atoms. The highest BCUT2D eigenvalue weighted by molar-refractivity contribution is 5.92. The van der Waals surface area contributed by atoms with Gasteiger partial charge in [-0.05, 0) is 42.2 Å². The molecule has 3 rings (SSSR count). The molecule has 0 fully saturated rings. The number of carbonyl (C=O) groups excluding carboxylic acids is 1. The highest BCUT2D eigenvalue weighted by atomic mass is 16.1. The van der Waals surface area contributed by atoms with Crippen molar-refractivity contribution in [3.63, 3.8) is 0 Å². The first-order valence-corrected chi connectivity index (χ1v) is 7.11. The van der Waals surface area contributed by atoms with Crippen molar-refractivity contribution in [3.8, 4) is 0 Å². The predicted molar refractivity (Wildman–Crippen MR) is 86.0 cm³/mol. The standard InChI is InChI=1S/C18H18N2O/c19-15-6-8-16(9-7-15)20-17-10-14(11-18(21)12-17)13-4-2-1-3-5-13/h1-9,12,14,20H,10-11,19H2/t14-/m0/s1. The lowest BCUT2D eigenvalue weighted by atomic mass is 9.85. The molecule has 0 spiro atoms. The van der Waals surface area contributed by atoms with Crippen LogP contribution in [0.5, 0.6) is 0 Å². The van der Waals surface area contributed by atoms with Crippen molar-refractivity contribution in [1.29, 1.82) is 0 Å². The van der Waals surface area contributed by atoms with Crippen LogP contribution in [0.25, 0.3) is 0 Å². The SMILES string of the molecule is Nc1ccc(NC2=CC(=O)C[C@@H](c3ccccc3)C2)cc1. The van der Waals surface area contributed by atoms with Crippen molar-refractivity contribution < 1.29 is 4.79 Å². The third kappa shape index (κ3) is 3.31. The summed E-state index contributed by atoms with van der Waals surface area (Å²) in [5, 5.41) is 3.32. The fraction of sp³-hybridized carbons (Fsp3) is 0.167. The van der Waals surface area contributed by atoms with E-state index < -0.39 is 0 Å². The van der Waals surface area contributed by atoms with Crippen LogP contribution in [0.1, 0.15) is 24.3 Å². The van der Waals surface area contributed by atoms with Crippen LogP contribution < -0.4 is 11.1 Å². The quantitative estimate of drug-likeness (QED) is 0.841. The average Bonchev–Trinajstić information content (AvgIpc) is 2.50. The minimum absolute atomic E-state index is 0.174. The molecule has 1 aliphatic carbocycles. The lowest BCUT2D eigenvalue weighted by Gasteiger charge is -2.23. The van der Waals surface area contributed by atoms with Crippen molar-refractivity contribution in [2.75, 3.05) is 11.1 Å². The van der Waals surface area contributed by atoms with Gasteiger partial charge in [-0.1, -0.05) is 30.3 Å². The van der Waals surface area contributed by atoms with Crippen LogP contribution in [0.4, 0.5) is 11.4 Å². The van der Waals surface area contributed by atoms with E-state index in [0.717, 1.165) is 23.5 Å². The number of nitrogens with two attached hydrogens (primary N) is 1. The summed E-state index contributed by atoms with van der Waals surface area (Å²) in [4.78, 5) is 12.0. The maximum absolute atomic E-state index is 12.0. The van der Waals surface area contributed by atoms with Gasteiger partial charge in [0, 0.05) is 29.6 Å². The molecule has 3 N–H and O–H groups in total. The molecule has 2 aromatic carbocycles. The van der Waals surface area contributed by atoms with Gasteiger partial charge in [-0.15, -0.1) is 0 Å². The molecule has 0 saturated heterocycles. The van der Waals surface area contributed by atoms with E-state index in [0.29, 0.717) is 6.42 Å². The molecule has 106 valence electrons. The second kappa shape index (κ2) is 5.83. The second-order valence-corrected chi connectivity index (χ2v) is 5.40. The van der Waals surface area contributed by atoms with Crippen molar-refractivity contribution in [1.82, 2.24) is 0 Å². The van der Waals surface area contributed by atoms with Gasteiger partial charge >= 0.3 is 0 Å². The molecule has 2 aromatic rings. The number of hydrogen-bond acceptors (Lipinski definition) is 3. The van der Waals surface area contributed by atoms with Gasteiger partial charge in [0.1, 0.15) is 0 Å². The van der Waals surface area contributed by atoms with Gasteiger partial charge in [-0.3, -0.25) is 4.79 Å². The molecule has 21 heavy (non-hydrogen) atoms. The summed E-state index contributed by atoms with van der Waals surface area (Å²) in [7, 11) is 0. The molecular formula is C18H18N2O. The largest absolute Gasteiger partial charge is 0.399 e. The van der Waals surface area contributed by atoms with Gasteiger partial charge in [-0.2, -0.15) is 0 Å². The molecule has 0 unspecified atom stereocenters. The smallest absolute Gasteiger partial charge is 0.158 e. The number of carbonyl (C=O) groups is 1. The van der Waals surface area contributed by atoms with Gasteiger partial charge in [0.25, 0.3) is 0 Å². The van der Waals surface area contributed by atoms with Crippen LogP contribution in [0, 0.1) is 0 Å². The molecular weight excluding hydrogens is 260 g/mol. The molecule has 0 heterocycles. The van der Waals surface area contributed by atoms with Gasteiger partial charge < -0.3 is 11.1 Å². The Kier molecular flexibility index (Phi) is 3.73. The van der Waals surface area contributed by atoms with Gasteiger partial charge in [-0.25, -0.2) is 0 Å². The Labute approximate surface area is 124 Å². The lowest BCUT2D eigenvalue weighted by Crippen LogP contribution is -2.16. The van der Waals surface area contributed by atoms with Crippen LogP contribution >= 0.6 is 0 Å². The molecule has 0 aliphatic heterocycles. The Morgan fingerprint density at radius 1 is 0.952 bits per heavy atom. The van der Waals surface area contributed by atoms with Crippen LogP contribution in [0.2, 0.25) is 0 Å². The maximum atomic E-state index is 12.0. The van der Waals surface area contributed by atoms with E-state index in [9.17, 15) is 4.79 Å². The third-order valence-electron chi connectivity index (χ3n) is 3.74. The maximum Gasteiger partial charge on any atom is 0.158 e. The van der Waals surface area contributed by atoms with E-state index in [1.54, 1.807) is 6.08 Å². The Balaban J connectivity index is 1.76. The van der Waals surface area contributed by atoms with E-state index in [1.807, 2.05) is 42.5 Å². The number of hydrogen-bond donors (Lipinski definition) is 2. The number of nitrogen functional groups attached to an aromatic ring is 1. The number of allylic oxidation sites excluding steroid dienone is 2. The van der Waals surface area contributed by atoms with Gasteiger partial charge in [0.2, 0.25) is 0 Å². The zero-order valence-corrected chi connectivity index (χ0v) is 11.8. The topological polar surface area (TPSA) is 55.1 Å². The van der Waals surface area contributed by atoms with Crippen LogP contribution in [-0.4, -0.2) is 5.78 Å². The molecule has 0 aromatic heterocycles. The molecule has 0 amide bonds. The van der Waals surface area contributed by atoms with Crippen molar-refractivity contribution in [2.24, 2.45) is 0 Å².